The number of hydrogen-bond donors (Lipinski definition) is 1. The van der Waals surface area contributed by atoms with Crippen LogP contribution in [0.3, 0.4) is 0 Å². The Morgan fingerprint density at radius 1 is 1.00 bits per heavy atom. The molecule has 2 aliphatic rings. The van der Waals surface area contributed by atoms with Crippen molar-refractivity contribution < 1.29 is 14.4 Å². The molecule has 0 saturated carbocycles. The van der Waals surface area contributed by atoms with Gasteiger partial charge in [0.2, 0.25) is 17.7 Å². The summed E-state index contributed by atoms with van der Waals surface area (Å²) in [6, 6.07) is 18.1. The summed E-state index contributed by atoms with van der Waals surface area (Å²) in [6.07, 6.45) is 2.40. The number of rotatable bonds is 6. The molecule has 0 aliphatic carbocycles. The molecule has 0 unspecified atom stereocenters. The monoisotopic (exact) mass is 433 g/mol. The summed E-state index contributed by atoms with van der Waals surface area (Å²) in [5.74, 6) is -0.305. The van der Waals surface area contributed by atoms with Crippen LogP contribution in [0, 0.1) is 5.92 Å². The van der Waals surface area contributed by atoms with Crippen molar-refractivity contribution in [2.45, 2.75) is 38.6 Å². The Morgan fingerprint density at radius 2 is 1.72 bits per heavy atom. The predicted octanol–water partition coefficient (Wildman–Crippen LogP) is 2.87. The number of nitrogens with one attached hydrogen (secondary N) is 1. The number of benzene rings is 2. The molecule has 2 saturated heterocycles. The van der Waals surface area contributed by atoms with Crippen LogP contribution in [0.4, 0.5) is 0 Å². The van der Waals surface area contributed by atoms with Crippen LogP contribution in [-0.2, 0) is 20.8 Å². The van der Waals surface area contributed by atoms with Gasteiger partial charge in [0.15, 0.2) is 0 Å². The highest BCUT2D eigenvalue weighted by molar-refractivity contribution is 5.91. The summed E-state index contributed by atoms with van der Waals surface area (Å²) in [5.41, 5.74) is 3.39. The maximum Gasteiger partial charge on any atom is 0.245 e. The van der Waals surface area contributed by atoms with E-state index in [0.29, 0.717) is 45.4 Å². The fraction of sp³-hybridized carbons (Fsp3) is 0.423. The SMILES string of the molecule is CCCN1CCN(C(=O)[C@H]2CCC(=O)N2)C[C@@H](Cc2ccc(-c3ccccc3)cc2)C1=O. The zero-order valence-corrected chi connectivity index (χ0v) is 18.6. The molecule has 2 aliphatic heterocycles. The van der Waals surface area contributed by atoms with Gasteiger partial charge >= 0.3 is 0 Å². The molecule has 2 aromatic rings. The fourth-order valence-corrected chi connectivity index (χ4v) is 4.66. The molecule has 2 heterocycles. The Labute approximate surface area is 189 Å². The minimum atomic E-state index is -0.457. The molecular formula is C26H31N3O3. The van der Waals surface area contributed by atoms with E-state index >= 15 is 0 Å². The van der Waals surface area contributed by atoms with E-state index in [1.165, 1.54) is 0 Å². The Hall–Kier alpha value is -3.15. The normalized spacial score (nSPS) is 21.4. The molecule has 2 aromatic carbocycles. The van der Waals surface area contributed by atoms with E-state index in [1.807, 2.05) is 23.1 Å². The maximum atomic E-state index is 13.3. The third kappa shape index (κ3) is 5.01. The largest absolute Gasteiger partial charge is 0.344 e. The van der Waals surface area contributed by atoms with E-state index < -0.39 is 6.04 Å². The topological polar surface area (TPSA) is 69.7 Å². The third-order valence-corrected chi connectivity index (χ3v) is 6.38. The number of nitrogens with zero attached hydrogens (tertiary/aromatic N) is 2. The van der Waals surface area contributed by atoms with Gasteiger partial charge in [-0.25, -0.2) is 0 Å². The van der Waals surface area contributed by atoms with Gasteiger partial charge in [-0.2, -0.15) is 0 Å². The van der Waals surface area contributed by atoms with Crippen molar-refractivity contribution >= 4 is 17.7 Å². The Morgan fingerprint density at radius 3 is 2.38 bits per heavy atom. The zero-order valence-electron chi connectivity index (χ0n) is 18.6. The summed E-state index contributed by atoms with van der Waals surface area (Å²) in [7, 11) is 0. The van der Waals surface area contributed by atoms with Crippen molar-refractivity contribution in [2.24, 2.45) is 5.92 Å². The third-order valence-electron chi connectivity index (χ3n) is 6.38. The van der Waals surface area contributed by atoms with Crippen molar-refractivity contribution in [3.63, 3.8) is 0 Å². The number of carbonyl (C=O) groups excluding carboxylic acids is 3. The molecule has 6 heteroatoms. The first-order chi connectivity index (χ1) is 15.5. The average Bonchev–Trinajstić information content (AvgIpc) is 3.20. The zero-order chi connectivity index (χ0) is 22.5. The summed E-state index contributed by atoms with van der Waals surface area (Å²) < 4.78 is 0. The minimum Gasteiger partial charge on any atom is -0.344 e. The van der Waals surface area contributed by atoms with Gasteiger partial charge in [0.1, 0.15) is 6.04 Å². The highest BCUT2D eigenvalue weighted by Gasteiger charge is 2.36. The quantitative estimate of drug-likeness (QED) is 0.762. The lowest BCUT2D eigenvalue weighted by Gasteiger charge is -2.26. The highest BCUT2D eigenvalue weighted by Crippen LogP contribution is 2.23. The van der Waals surface area contributed by atoms with E-state index in [0.717, 1.165) is 23.1 Å². The van der Waals surface area contributed by atoms with Crippen molar-refractivity contribution in [3.05, 3.63) is 60.2 Å². The van der Waals surface area contributed by atoms with Crippen molar-refractivity contribution in [2.75, 3.05) is 26.2 Å². The molecular weight excluding hydrogens is 402 g/mol. The van der Waals surface area contributed by atoms with E-state index in [2.05, 4.69) is 48.6 Å². The number of carbonyl (C=O) groups is 3. The van der Waals surface area contributed by atoms with Gasteiger partial charge in [-0.3, -0.25) is 14.4 Å². The second-order valence-electron chi connectivity index (χ2n) is 8.73. The van der Waals surface area contributed by atoms with Crippen molar-refractivity contribution in [3.8, 4) is 11.1 Å². The van der Waals surface area contributed by atoms with Crippen LogP contribution in [0.5, 0.6) is 0 Å². The second-order valence-corrected chi connectivity index (χ2v) is 8.73. The smallest absolute Gasteiger partial charge is 0.245 e. The Bertz CT molecular complexity index is 958. The standard InChI is InChI=1S/C26H31N3O3/c1-2-14-28-15-16-29(26(32)23-12-13-24(30)27-23)18-22(25(28)31)17-19-8-10-21(11-9-19)20-6-4-3-5-7-20/h3-11,22-23H,2,12-18H2,1H3,(H,27,30)/t22-,23-/m1/s1. The lowest BCUT2D eigenvalue weighted by molar-refractivity contribution is -0.136. The first kappa shape index (κ1) is 22.1. The lowest BCUT2D eigenvalue weighted by atomic mass is 9.95. The molecule has 6 nitrogen and oxygen atoms in total. The van der Waals surface area contributed by atoms with Gasteiger partial charge in [-0.15, -0.1) is 0 Å². The summed E-state index contributed by atoms with van der Waals surface area (Å²) in [4.78, 5) is 41.6. The van der Waals surface area contributed by atoms with Crippen LogP contribution < -0.4 is 5.32 Å². The van der Waals surface area contributed by atoms with Crippen molar-refractivity contribution in [1.82, 2.24) is 15.1 Å². The van der Waals surface area contributed by atoms with Crippen LogP contribution in [-0.4, -0.2) is 59.7 Å². The van der Waals surface area contributed by atoms with Crippen LogP contribution in [0.25, 0.3) is 11.1 Å². The van der Waals surface area contributed by atoms with Crippen LogP contribution >= 0.6 is 0 Å². The molecule has 168 valence electrons. The number of amides is 3. The van der Waals surface area contributed by atoms with Crippen LogP contribution in [0.1, 0.15) is 31.7 Å². The Kier molecular flexibility index (Phi) is 6.88. The minimum absolute atomic E-state index is 0.0635. The van der Waals surface area contributed by atoms with Gasteiger partial charge in [0.25, 0.3) is 0 Å². The van der Waals surface area contributed by atoms with Gasteiger partial charge in [0.05, 0.1) is 5.92 Å². The second kappa shape index (κ2) is 9.98. The molecule has 4 rings (SSSR count). The predicted molar refractivity (Wildman–Crippen MR) is 124 cm³/mol. The van der Waals surface area contributed by atoms with E-state index in [9.17, 15) is 14.4 Å². The van der Waals surface area contributed by atoms with Crippen LogP contribution in [0.15, 0.2) is 54.6 Å². The molecule has 3 amide bonds. The molecule has 2 fully saturated rings. The molecule has 0 aromatic heterocycles. The molecule has 0 bridgehead atoms. The first-order valence-electron chi connectivity index (χ1n) is 11.6. The fourth-order valence-electron chi connectivity index (χ4n) is 4.66. The molecule has 2 atom stereocenters. The first-order valence-corrected chi connectivity index (χ1v) is 11.6. The maximum absolute atomic E-state index is 13.3. The molecule has 0 spiro atoms. The summed E-state index contributed by atoms with van der Waals surface area (Å²) in [5, 5.41) is 2.78. The van der Waals surface area contributed by atoms with E-state index in [1.54, 1.807) is 4.90 Å². The van der Waals surface area contributed by atoms with Gasteiger partial charge in [-0.1, -0.05) is 61.5 Å². The number of hydrogen-bond acceptors (Lipinski definition) is 3. The molecule has 1 N–H and O–H groups in total. The Balaban J connectivity index is 1.50. The summed E-state index contributed by atoms with van der Waals surface area (Å²) in [6.45, 7) is 4.21. The van der Waals surface area contributed by atoms with E-state index in [-0.39, 0.29) is 23.6 Å². The van der Waals surface area contributed by atoms with E-state index in [4.69, 9.17) is 0 Å². The average molecular weight is 434 g/mol. The van der Waals surface area contributed by atoms with Gasteiger partial charge < -0.3 is 15.1 Å². The highest BCUT2D eigenvalue weighted by atomic mass is 16.2. The summed E-state index contributed by atoms with van der Waals surface area (Å²) >= 11 is 0. The van der Waals surface area contributed by atoms with Gasteiger partial charge in [0, 0.05) is 32.6 Å². The van der Waals surface area contributed by atoms with Crippen molar-refractivity contribution in [1.29, 1.82) is 0 Å². The lowest BCUT2D eigenvalue weighted by Crippen LogP contribution is -2.46. The molecule has 0 radical (unpaired) electrons. The van der Waals surface area contributed by atoms with Gasteiger partial charge in [-0.05, 0) is 36.0 Å². The van der Waals surface area contributed by atoms with Crippen LogP contribution in [0.2, 0.25) is 0 Å². The molecule has 32 heavy (non-hydrogen) atoms.